The van der Waals surface area contributed by atoms with E-state index in [0.29, 0.717) is 45.0 Å². The Labute approximate surface area is 118 Å². The molecule has 1 aliphatic heterocycles. The summed E-state index contributed by atoms with van der Waals surface area (Å²) in [6.45, 7) is 3.21. The van der Waals surface area contributed by atoms with Gasteiger partial charge < -0.3 is 20.3 Å². The molecule has 1 heterocycles. The van der Waals surface area contributed by atoms with Gasteiger partial charge in [0.1, 0.15) is 0 Å². The fourth-order valence-electron chi connectivity index (χ4n) is 1.92. The lowest BCUT2D eigenvalue weighted by Crippen LogP contribution is -2.47. The number of morpholine rings is 1. The van der Waals surface area contributed by atoms with E-state index in [2.05, 4.69) is 10.6 Å². The van der Waals surface area contributed by atoms with Crippen LogP contribution in [0.15, 0.2) is 30.3 Å². The molecule has 20 heavy (non-hydrogen) atoms. The number of rotatable bonds is 4. The summed E-state index contributed by atoms with van der Waals surface area (Å²) in [5.41, 5.74) is 0.618. The van der Waals surface area contributed by atoms with Crippen LogP contribution >= 0.6 is 0 Å². The first-order valence-corrected chi connectivity index (χ1v) is 6.71. The van der Waals surface area contributed by atoms with E-state index in [1.165, 1.54) is 0 Å². The molecule has 0 spiro atoms. The Morgan fingerprint density at radius 1 is 1.05 bits per heavy atom. The van der Waals surface area contributed by atoms with E-state index in [4.69, 9.17) is 4.74 Å². The molecule has 0 radical (unpaired) electrons. The summed E-state index contributed by atoms with van der Waals surface area (Å²) in [5.74, 6) is -0.133. The minimum Gasteiger partial charge on any atom is -0.378 e. The van der Waals surface area contributed by atoms with Gasteiger partial charge in [-0.25, -0.2) is 4.79 Å². The first-order chi connectivity index (χ1) is 9.77. The number of urea groups is 1. The number of carbonyl (C=O) groups is 2. The number of benzene rings is 1. The zero-order chi connectivity index (χ0) is 14.2. The standard InChI is InChI=1S/C14H19N3O3/c18-13(12-4-2-1-3-5-12)15-6-7-16-14(19)17-8-10-20-11-9-17/h1-5H,6-11H2,(H,15,18)(H,16,19). The van der Waals surface area contributed by atoms with Crippen LogP contribution in [0.1, 0.15) is 10.4 Å². The Morgan fingerprint density at radius 2 is 1.70 bits per heavy atom. The molecule has 1 fully saturated rings. The molecule has 6 nitrogen and oxygen atoms in total. The molecule has 1 aromatic rings. The van der Waals surface area contributed by atoms with Gasteiger partial charge in [-0.3, -0.25) is 4.79 Å². The summed E-state index contributed by atoms with van der Waals surface area (Å²) in [4.78, 5) is 25.2. The first kappa shape index (κ1) is 14.3. The van der Waals surface area contributed by atoms with Crippen LogP contribution in [0, 0.1) is 0 Å². The van der Waals surface area contributed by atoms with Gasteiger partial charge in [-0.15, -0.1) is 0 Å². The van der Waals surface area contributed by atoms with Crippen LogP contribution in [0.4, 0.5) is 4.79 Å². The Balaban J connectivity index is 1.64. The first-order valence-electron chi connectivity index (χ1n) is 6.71. The van der Waals surface area contributed by atoms with Crippen molar-refractivity contribution in [3.63, 3.8) is 0 Å². The van der Waals surface area contributed by atoms with Crippen molar-refractivity contribution < 1.29 is 14.3 Å². The van der Waals surface area contributed by atoms with Crippen LogP contribution < -0.4 is 10.6 Å². The fraction of sp³-hybridized carbons (Fsp3) is 0.429. The molecular formula is C14H19N3O3. The predicted octanol–water partition coefficient (Wildman–Crippen LogP) is 0.458. The molecule has 0 aliphatic carbocycles. The highest BCUT2D eigenvalue weighted by molar-refractivity contribution is 5.94. The van der Waals surface area contributed by atoms with E-state index in [9.17, 15) is 9.59 Å². The number of amides is 3. The topological polar surface area (TPSA) is 70.7 Å². The number of ether oxygens (including phenoxy) is 1. The summed E-state index contributed by atoms with van der Waals surface area (Å²) >= 11 is 0. The molecule has 1 aromatic carbocycles. The van der Waals surface area contributed by atoms with Crippen molar-refractivity contribution in [2.24, 2.45) is 0 Å². The number of nitrogens with zero attached hydrogens (tertiary/aromatic N) is 1. The normalized spacial score (nSPS) is 14.7. The summed E-state index contributed by atoms with van der Waals surface area (Å²) < 4.78 is 5.18. The molecule has 2 rings (SSSR count). The monoisotopic (exact) mass is 277 g/mol. The molecule has 2 N–H and O–H groups in total. The minimum absolute atomic E-state index is 0.109. The summed E-state index contributed by atoms with van der Waals surface area (Å²) in [5, 5.41) is 5.54. The van der Waals surface area contributed by atoms with E-state index in [-0.39, 0.29) is 11.9 Å². The molecular weight excluding hydrogens is 258 g/mol. The summed E-state index contributed by atoms with van der Waals surface area (Å²) in [6.07, 6.45) is 0. The SMILES string of the molecule is O=C(NCCNC(=O)N1CCOCC1)c1ccccc1. The molecule has 0 bridgehead atoms. The van der Waals surface area contributed by atoms with Gasteiger partial charge in [-0.1, -0.05) is 18.2 Å². The highest BCUT2D eigenvalue weighted by atomic mass is 16.5. The van der Waals surface area contributed by atoms with E-state index >= 15 is 0 Å². The number of hydrogen-bond donors (Lipinski definition) is 2. The highest BCUT2D eigenvalue weighted by Gasteiger charge is 2.15. The third-order valence-electron chi connectivity index (χ3n) is 3.02. The van der Waals surface area contributed by atoms with Crippen LogP contribution in [-0.2, 0) is 4.74 Å². The Bertz CT molecular complexity index is 444. The third-order valence-corrected chi connectivity index (χ3v) is 3.02. The smallest absolute Gasteiger partial charge is 0.317 e. The molecule has 0 atom stereocenters. The van der Waals surface area contributed by atoms with Crippen LogP contribution in [0.5, 0.6) is 0 Å². The summed E-state index contributed by atoms with van der Waals surface area (Å²) in [7, 11) is 0. The molecule has 1 aliphatic rings. The van der Waals surface area contributed by atoms with Gasteiger partial charge in [0, 0.05) is 31.7 Å². The van der Waals surface area contributed by atoms with Gasteiger partial charge in [0.05, 0.1) is 13.2 Å². The zero-order valence-corrected chi connectivity index (χ0v) is 11.3. The van der Waals surface area contributed by atoms with E-state index < -0.39 is 0 Å². The predicted molar refractivity (Wildman–Crippen MR) is 74.6 cm³/mol. The maximum absolute atomic E-state index is 11.8. The van der Waals surface area contributed by atoms with Gasteiger partial charge >= 0.3 is 6.03 Å². The van der Waals surface area contributed by atoms with Crippen LogP contribution in [0.25, 0.3) is 0 Å². The molecule has 108 valence electrons. The van der Waals surface area contributed by atoms with E-state index in [1.54, 1.807) is 17.0 Å². The minimum atomic E-state index is -0.133. The van der Waals surface area contributed by atoms with Crippen molar-refractivity contribution in [1.82, 2.24) is 15.5 Å². The van der Waals surface area contributed by atoms with Crippen LogP contribution in [-0.4, -0.2) is 56.2 Å². The van der Waals surface area contributed by atoms with Crippen LogP contribution in [0.2, 0.25) is 0 Å². The van der Waals surface area contributed by atoms with Crippen molar-refractivity contribution in [2.75, 3.05) is 39.4 Å². The van der Waals surface area contributed by atoms with Crippen molar-refractivity contribution in [3.8, 4) is 0 Å². The van der Waals surface area contributed by atoms with Crippen molar-refractivity contribution in [3.05, 3.63) is 35.9 Å². The van der Waals surface area contributed by atoms with Crippen molar-refractivity contribution in [1.29, 1.82) is 0 Å². The molecule has 0 saturated carbocycles. The molecule has 3 amide bonds. The fourth-order valence-corrected chi connectivity index (χ4v) is 1.92. The van der Waals surface area contributed by atoms with Crippen molar-refractivity contribution in [2.45, 2.75) is 0 Å². The Kier molecular flexibility index (Phi) is 5.37. The number of carbonyl (C=O) groups excluding carboxylic acids is 2. The molecule has 0 unspecified atom stereocenters. The zero-order valence-electron chi connectivity index (χ0n) is 11.3. The van der Waals surface area contributed by atoms with Crippen molar-refractivity contribution >= 4 is 11.9 Å². The van der Waals surface area contributed by atoms with Gasteiger partial charge in [0.2, 0.25) is 0 Å². The maximum atomic E-state index is 11.8. The average Bonchev–Trinajstić information content (AvgIpc) is 2.53. The molecule has 0 aromatic heterocycles. The summed E-state index contributed by atoms with van der Waals surface area (Å²) in [6, 6.07) is 8.88. The molecule has 1 saturated heterocycles. The lowest BCUT2D eigenvalue weighted by Gasteiger charge is -2.26. The Hall–Kier alpha value is -2.08. The Morgan fingerprint density at radius 3 is 2.40 bits per heavy atom. The highest BCUT2D eigenvalue weighted by Crippen LogP contribution is 1.98. The molecule has 6 heteroatoms. The third kappa shape index (κ3) is 4.24. The van der Waals surface area contributed by atoms with Gasteiger partial charge in [-0.2, -0.15) is 0 Å². The van der Waals surface area contributed by atoms with E-state index in [1.807, 2.05) is 18.2 Å². The second-order valence-corrected chi connectivity index (χ2v) is 4.45. The van der Waals surface area contributed by atoms with Gasteiger partial charge in [0.15, 0.2) is 0 Å². The lowest BCUT2D eigenvalue weighted by molar-refractivity contribution is 0.0532. The second-order valence-electron chi connectivity index (χ2n) is 4.45. The second kappa shape index (κ2) is 7.49. The number of nitrogens with one attached hydrogen (secondary N) is 2. The van der Waals surface area contributed by atoms with E-state index in [0.717, 1.165) is 0 Å². The van der Waals surface area contributed by atoms with Gasteiger partial charge in [-0.05, 0) is 12.1 Å². The van der Waals surface area contributed by atoms with Gasteiger partial charge in [0.25, 0.3) is 5.91 Å². The maximum Gasteiger partial charge on any atom is 0.317 e. The quantitative estimate of drug-likeness (QED) is 0.785. The largest absolute Gasteiger partial charge is 0.378 e. The lowest BCUT2D eigenvalue weighted by atomic mass is 10.2. The number of hydrogen-bond acceptors (Lipinski definition) is 3. The average molecular weight is 277 g/mol. The van der Waals surface area contributed by atoms with Crippen LogP contribution in [0.3, 0.4) is 0 Å².